The van der Waals surface area contributed by atoms with Crippen LogP contribution in [-0.4, -0.2) is 46.8 Å². The van der Waals surface area contributed by atoms with Gasteiger partial charge in [-0.15, -0.1) is 0 Å². The SMILES string of the molecule is c1cncc(OCC2CCOC23CN(Cc2ccncc2)C3)c1. The molecule has 4 rings (SSSR count). The van der Waals surface area contributed by atoms with Crippen LogP contribution in [0.3, 0.4) is 0 Å². The Hall–Kier alpha value is -1.98. The van der Waals surface area contributed by atoms with Gasteiger partial charge in [-0.2, -0.15) is 0 Å². The molecule has 0 N–H and O–H groups in total. The number of pyridine rings is 2. The number of aromatic nitrogens is 2. The van der Waals surface area contributed by atoms with Crippen molar-refractivity contribution >= 4 is 0 Å². The monoisotopic (exact) mass is 311 g/mol. The second kappa shape index (κ2) is 6.26. The van der Waals surface area contributed by atoms with E-state index in [4.69, 9.17) is 9.47 Å². The molecule has 0 aromatic carbocycles. The fourth-order valence-electron chi connectivity index (χ4n) is 3.57. The van der Waals surface area contributed by atoms with Gasteiger partial charge in [0.25, 0.3) is 0 Å². The Morgan fingerprint density at radius 3 is 2.83 bits per heavy atom. The van der Waals surface area contributed by atoms with Crippen molar-refractivity contribution in [2.24, 2.45) is 5.92 Å². The van der Waals surface area contributed by atoms with Crippen molar-refractivity contribution < 1.29 is 9.47 Å². The third-order valence-corrected chi connectivity index (χ3v) is 4.82. The highest BCUT2D eigenvalue weighted by Crippen LogP contribution is 2.40. The van der Waals surface area contributed by atoms with Crippen molar-refractivity contribution in [3.63, 3.8) is 0 Å². The van der Waals surface area contributed by atoms with Crippen molar-refractivity contribution in [2.45, 2.75) is 18.6 Å². The van der Waals surface area contributed by atoms with Gasteiger partial charge in [0, 0.05) is 50.7 Å². The third-order valence-electron chi connectivity index (χ3n) is 4.82. The molecule has 2 saturated heterocycles. The second-order valence-electron chi connectivity index (χ2n) is 6.40. The van der Waals surface area contributed by atoms with E-state index in [1.165, 1.54) is 5.56 Å². The largest absolute Gasteiger partial charge is 0.492 e. The van der Waals surface area contributed by atoms with E-state index in [2.05, 4.69) is 27.0 Å². The van der Waals surface area contributed by atoms with E-state index in [-0.39, 0.29) is 5.60 Å². The Morgan fingerprint density at radius 1 is 1.17 bits per heavy atom. The molecule has 1 unspecified atom stereocenters. The van der Waals surface area contributed by atoms with Gasteiger partial charge in [0.1, 0.15) is 5.75 Å². The van der Waals surface area contributed by atoms with Crippen molar-refractivity contribution in [2.75, 3.05) is 26.3 Å². The molecule has 4 heterocycles. The minimum atomic E-state index is -0.0186. The Labute approximate surface area is 136 Å². The first-order valence-corrected chi connectivity index (χ1v) is 8.12. The topological polar surface area (TPSA) is 47.5 Å². The fourth-order valence-corrected chi connectivity index (χ4v) is 3.57. The summed E-state index contributed by atoms with van der Waals surface area (Å²) in [5.74, 6) is 1.29. The summed E-state index contributed by atoms with van der Waals surface area (Å²) in [5.41, 5.74) is 1.28. The van der Waals surface area contributed by atoms with Crippen LogP contribution in [0.4, 0.5) is 0 Å². The molecule has 2 aliphatic rings. The molecule has 120 valence electrons. The lowest BCUT2D eigenvalue weighted by Gasteiger charge is -2.50. The van der Waals surface area contributed by atoms with Gasteiger partial charge in [0.2, 0.25) is 0 Å². The van der Waals surface area contributed by atoms with E-state index in [1.807, 2.05) is 24.5 Å². The molecule has 23 heavy (non-hydrogen) atoms. The van der Waals surface area contributed by atoms with E-state index in [0.29, 0.717) is 12.5 Å². The van der Waals surface area contributed by atoms with Crippen LogP contribution in [0.2, 0.25) is 0 Å². The van der Waals surface area contributed by atoms with Gasteiger partial charge in [-0.25, -0.2) is 0 Å². The lowest BCUT2D eigenvalue weighted by Crippen LogP contribution is -2.64. The van der Waals surface area contributed by atoms with Crippen LogP contribution >= 0.6 is 0 Å². The van der Waals surface area contributed by atoms with E-state index in [1.54, 1.807) is 12.4 Å². The van der Waals surface area contributed by atoms with Crippen LogP contribution in [0.25, 0.3) is 0 Å². The number of hydrogen-bond acceptors (Lipinski definition) is 5. The zero-order valence-corrected chi connectivity index (χ0v) is 13.1. The van der Waals surface area contributed by atoms with E-state index >= 15 is 0 Å². The van der Waals surface area contributed by atoms with Crippen molar-refractivity contribution in [1.82, 2.24) is 14.9 Å². The highest BCUT2D eigenvalue weighted by atomic mass is 16.5. The molecule has 1 atom stereocenters. The maximum atomic E-state index is 6.10. The normalized spacial score (nSPS) is 22.9. The molecule has 2 aromatic rings. The predicted molar refractivity (Wildman–Crippen MR) is 86.0 cm³/mol. The van der Waals surface area contributed by atoms with Crippen LogP contribution in [-0.2, 0) is 11.3 Å². The van der Waals surface area contributed by atoms with Crippen LogP contribution in [0.15, 0.2) is 49.1 Å². The summed E-state index contributed by atoms with van der Waals surface area (Å²) in [6, 6.07) is 8.00. The first-order chi connectivity index (χ1) is 11.3. The predicted octanol–water partition coefficient (Wildman–Crippen LogP) is 2.15. The number of nitrogens with zero attached hydrogens (tertiary/aromatic N) is 3. The molecule has 5 nitrogen and oxygen atoms in total. The minimum Gasteiger partial charge on any atom is -0.492 e. The van der Waals surface area contributed by atoms with Crippen LogP contribution < -0.4 is 4.74 Å². The average molecular weight is 311 g/mol. The molecule has 2 fully saturated rings. The maximum absolute atomic E-state index is 6.10. The van der Waals surface area contributed by atoms with Crippen molar-refractivity contribution in [3.8, 4) is 5.75 Å². The number of rotatable bonds is 5. The summed E-state index contributed by atoms with van der Waals surface area (Å²) >= 11 is 0. The van der Waals surface area contributed by atoms with Crippen LogP contribution in [0.1, 0.15) is 12.0 Å². The molecule has 0 radical (unpaired) electrons. The highest BCUT2D eigenvalue weighted by Gasteiger charge is 2.53. The molecular formula is C18H21N3O2. The Bertz CT molecular complexity index is 629. The fraction of sp³-hybridized carbons (Fsp3) is 0.444. The maximum Gasteiger partial charge on any atom is 0.137 e. The van der Waals surface area contributed by atoms with Gasteiger partial charge in [-0.3, -0.25) is 14.9 Å². The molecule has 0 bridgehead atoms. The molecule has 0 saturated carbocycles. The molecule has 0 aliphatic carbocycles. The minimum absolute atomic E-state index is 0.0186. The van der Waals surface area contributed by atoms with E-state index < -0.39 is 0 Å². The lowest BCUT2D eigenvalue weighted by molar-refractivity contribution is -0.140. The lowest BCUT2D eigenvalue weighted by atomic mass is 9.81. The van der Waals surface area contributed by atoms with Gasteiger partial charge in [0.05, 0.1) is 18.4 Å². The van der Waals surface area contributed by atoms with Crippen molar-refractivity contribution in [3.05, 3.63) is 54.6 Å². The Kier molecular flexibility index (Phi) is 3.97. The molecule has 2 aliphatic heterocycles. The molecule has 1 spiro atoms. The summed E-state index contributed by atoms with van der Waals surface area (Å²) < 4.78 is 12.0. The zero-order valence-electron chi connectivity index (χ0n) is 13.1. The summed E-state index contributed by atoms with van der Waals surface area (Å²) in [4.78, 5) is 10.6. The molecule has 5 heteroatoms. The summed E-state index contributed by atoms with van der Waals surface area (Å²) in [6.07, 6.45) is 8.29. The highest BCUT2D eigenvalue weighted by molar-refractivity contribution is 5.16. The average Bonchev–Trinajstić information content (AvgIpc) is 2.98. The second-order valence-corrected chi connectivity index (χ2v) is 6.40. The molecule has 0 amide bonds. The van der Waals surface area contributed by atoms with E-state index in [0.717, 1.165) is 38.4 Å². The van der Waals surface area contributed by atoms with Gasteiger partial charge in [0.15, 0.2) is 0 Å². The summed E-state index contributed by atoms with van der Waals surface area (Å²) in [6.45, 7) is 4.47. The summed E-state index contributed by atoms with van der Waals surface area (Å²) in [5, 5.41) is 0. The van der Waals surface area contributed by atoms with Crippen LogP contribution in [0, 0.1) is 5.92 Å². The van der Waals surface area contributed by atoms with Crippen molar-refractivity contribution in [1.29, 1.82) is 0 Å². The molecular weight excluding hydrogens is 290 g/mol. The van der Waals surface area contributed by atoms with Crippen LogP contribution in [0.5, 0.6) is 5.75 Å². The summed E-state index contributed by atoms with van der Waals surface area (Å²) in [7, 11) is 0. The number of likely N-dealkylation sites (tertiary alicyclic amines) is 1. The first-order valence-electron chi connectivity index (χ1n) is 8.12. The molecule has 2 aromatic heterocycles. The number of ether oxygens (including phenoxy) is 2. The first kappa shape index (κ1) is 14.6. The third kappa shape index (κ3) is 3.07. The Balaban J connectivity index is 1.32. The zero-order chi connectivity index (χ0) is 15.5. The number of hydrogen-bond donors (Lipinski definition) is 0. The Morgan fingerprint density at radius 2 is 2.04 bits per heavy atom. The quantitative estimate of drug-likeness (QED) is 0.847. The van der Waals surface area contributed by atoms with E-state index in [9.17, 15) is 0 Å². The van der Waals surface area contributed by atoms with Gasteiger partial charge >= 0.3 is 0 Å². The standard InChI is InChI=1S/C18H21N3O2/c1-2-17(10-20-6-1)22-12-16-5-9-23-18(16)13-21(14-18)11-15-3-7-19-8-4-15/h1-4,6-8,10,16H,5,9,11-14H2. The van der Waals surface area contributed by atoms with Gasteiger partial charge < -0.3 is 9.47 Å². The smallest absolute Gasteiger partial charge is 0.137 e. The van der Waals surface area contributed by atoms with Gasteiger partial charge in [-0.05, 0) is 36.2 Å². The van der Waals surface area contributed by atoms with Gasteiger partial charge in [-0.1, -0.05) is 0 Å².